The predicted octanol–water partition coefficient (Wildman–Crippen LogP) is 2.68. The number of amides is 1. The van der Waals surface area contributed by atoms with Crippen LogP contribution in [0.5, 0.6) is 5.75 Å². The van der Waals surface area contributed by atoms with Gasteiger partial charge >= 0.3 is 0 Å². The van der Waals surface area contributed by atoms with Gasteiger partial charge in [0.05, 0.1) is 13.3 Å². The molecule has 1 aliphatic heterocycles. The molecule has 0 bridgehead atoms. The number of aromatic nitrogens is 3. The minimum absolute atomic E-state index is 0.0961. The van der Waals surface area contributed by atoms with Crippen LogP contribution in [0.15, 0.2) is 18.5 Å². The minimum atomic E-state index is -0.611. The van der Waals surface area contributed by atoms with E-state index in [9.17, 15) is 9.18 Å². The number of hydrogen-bond donors (Lipinski definition) is 2. The lowest BCUT2D eigenvalue weighted by molar-refractivity contribution is -0.117. The molecule has 8 heteroatoms. The maximum absolute atomic E-state index is 14.6. The molecule has 1 atom stereocenters. The topological polar surface area (TPSA) is 83.1 Å². The number of nitrogens with one attached hydrogen (secondary N) is 2. The Kier molecular flexibility index (Phi) is 5.82. The molecule has 7 nitrogen and oxygen atoms in total. The average Bonchev–Trinajstić information content (AvgIpc) is 3.25. The van der Waals surface area contributed by atoms with Crippen molar-refractivity contribution < 1.29 is 13.9 Å². The molecule has 0 aliphatic carbocycles. The number of likely N-dealkylation sites (tertiary alicyclic amines) is 1. The third-order valence-corrected chi connectivity index (χ3v) is 4.50. The number of halogens is 1. The van der Waals surface area contributed by atoms with Gasteiger partial charge in [0.1, 0.15) is 11.4 Å². The molecule has 0 saturated carbocycles. The molecular weight excluding hydrogens is 337 g/mol. The Hall–Kier alpha value is -2.48. The molecule has 1 fully saturated rings. The van der Waals surface area contributed by atoms with Crippen LogP contribution in [-0.2, 0) is 4.79 Å². The number of nitrogens with zero attached hydrogens (tertiary/aromatic N) is 3. The second kappa shape index (κ2) is 8.27. The second-order valence-electron chi connectivity index (χ2n) is 6.74. The number of anilines is 1. The summed E-state index contributed by atoms with van der Waals surface area (Å²) in [6.07, 6.45) is 5.81. The second-order valence-corrected chi connectivity index (χ2v) is 6.74. The highest BCUT2D eigenvalue weighted by Crippen LogP contribution is 2.27. The van der Waals surface area contributed by atoms with Crippen molar-refractivity contribution in [1.29, 1.82) is 0 Å². The van der Waals surface area contributed by atoms with Crippen LogP contribution < -0.4 is 10.1 Å². The normalized spacial score (nSPS) is 15.8. The van der Waals surface area contributed by atoms with Gasteiger partial charge in [-0.15, -0.1) is 0 Å². The molecule has 26 heavy (non-hydrogen) atoms. The van der Waals surface area contributed by atoms with Gasteiger partial charge in [0.2, 0.25) is 5.91 Å². The number of methoxy groups -OCH3 is 1. The number of carbonyl (C=O) groups excluding carboxylic acids is 1. The van der Waals surface area contributed by atoms with Crippen molar-refractivity contribution in [3.05, 3.63) is 24.3 Å². The van der Waals surface area contributed by atoms with Crippen molar-refractivity contribution in [3.63, 3.8) is 0 Å². The summed E-state index contributed by atoms with van der Waals surface area (Å²) in [7, 11) is 1.51. The summed E-state index contributed by atoms with van der Waals surface area (Å²) in [6.45, 7) is 5.11. The van der Waals surface area contributed by atoms with E-state index in [2.05, 4.69) is 25.4 Å². The number of H-pyrrole nitrogens is 1. The molecular formula is C18H24FN5O2. The van der Waals surface area contributed by atoms with Crippen LogP contribution in [-0.4, -0.2) is 52.7 Å². The fourth-order valence-corrected chi connectivity index (χ4v) is 3.24. The summed E-state index contributed by atoms with van der Waals surface area (Å²) in [4.78, 5) is 18.6. The molecule has 1 aliphatic rings. The minimum Gasteiger partial charge on any atom is -0.495 e. The summed E-state index contributed by atoms with van der Waals surface area (Å²) in [5.41, 5.74) is 0.661. The Morgan fingerprint density at radius 2 is 2.19 bits per heavy atom. The van der Waals surface area contributed by atoms with Gasteiger partial charge in [-0.25, -0.2) is 4.39 Å². The molecule has 1 unspecified atom stereocenters. The lowest BCUT2D eigenvalue weighted by Crippen LogP contribution is -2.28. The van der Waals surface area contributed by atoms with Gasteiger partial charge in [-0.3, -0.25) is 14.9 Å². The molecule has 3 rings (SSSR count). The van der Waals surface area contributed by atoms with Gasteiger partial charge in [-0.2, -0.15) is 5.10 Å². The smallest absolute Gasteiger partial charge is 0.225 e. The quantitative estimate of drug-likeness (QED) is 0.792. The van der Waals surface area contributed by atoms with Crippen molar-refractivity contribution in [1.82, 2.24) is 20.1 Å². The molecule has 2 aromatic heterocycles. The van der Waals surface area contributed by atoms with E-state index in [-0.39, 0.29) is 23.3 Å². The van der Waals surface area contributed by atoms with Crippen LogP contribution in [0.2, 0.25) is 0 Å². The van der Waals surface area contributed by atoms with Crippen molar-refractivity contribution in [2.24, 2.45) is 5.92 Å². The van der Waals surface area contributed by atoms with Gasteiger partial charge in [-0.05, 0) is 37.9 Å². The fraction of sp³-hybridized carbons (Fsp3) is 0.500. The van der Waals surface area contributed by atoms with E-state index in [1.54, 1.807) is 6.07 Å². The highest BCUT2D eigenvalue weighted by Gasteiger charge is 2.20. The van der Waals surface area contributed by atoms with E-state index in [0.717, 1.165) is 19.6 Å². The van der Waals surface area contributed by atoms with Gasteiger partial charge in [0, 0.05) is 24.7 Å². The Labute approximate surface area is 151 Å². The van der Waals surface area contributed by atoms with Crippen LogP contribution in [0, 0.1) is 11.7 Å². The fourth-order valence-electron chi connectivity index (χ4n) is 3.24. The van der Waals surface area contributed by atoms with Crippen LogP contribution in [0.4, 0.5) is 10.2 Å². The summed E-state index contributed by atoms with van der Waals surface area (Å²) < 4.78 is 19.7. The van der Waals surface area contributed by atoms with Crippen LogP contribution in [0.1, 0.15) is 26.2 Å². The highest BCUT2D eigenvalue weighted by molar-refractivity contribution is 5.90. The van der Waals surface area contributed by atoms with Gasteiger partial charge in [0.25, 0.3) is 0 Å². The first-order chi connectivity index (χ1) is 12.6. The highest BCUT2D eigenvalue weighted by atomic mass is 19.1. The first-order valence-electron chi connectivity index (χ1n) is 8.82. The van der Waals surface area contributed by atoms with Crippen molar-refractivity contribution >= 4 is 11.7 Å². The molecule has 1 saturated heterocycles. The zero-order valence-corrected chi connectivity index (χ0v) is 15.1. The molecule has 0 spiro atoms. The summed E-state index contributed by atoms with van der Waals surface area (Å²) in [5.74, 6) is -0.228. The third kappa shape index (κ3) is 4.37. The van der Waals surface area contributed by atoms with Crippen LogP contribution in [0.25, 0.3) is 11.3 Å². The number of rotatable bonds is 7. The van der Waals surface area contributed by atoms with Gasteiger partial charge in [0.15, 0.2) is 11.6 Å². The number of aromatic amines is 1. The Morgan fingerprint density at radius 1 is 1.42 bits per heavy atom. The first-order valence-corrected chi connectivity index (χ1v) is 8.82. The molecule has 140 valence electrons. The van der Waals surface area contributed by atoms with E-state index >= 15 is 0 Å². The predicted molar refractivity (Wildman–Crippen MR) is 96.4 cm³/mol. The molecule has 2 aromatic rings. The molecule has 3 heterocycles. The largest absolute Gasteiger partial charge is 0.495 e. The lowest BCUT2D eigenvalue weighted by Gasteiger charge is -2.19. The Bertz CT molecular complexity index is 758. The zero-order chi connectivity index (χ0) is 18.5. The van der Waals surface area contributed by atoms with Crippen molar-refractivity contribution in [2.75, 3.05) is 32.1 Å². The van der Waals surface area contributed by atoms with Crippen molar-refractivity contribution in [2.45, 2.75) is 26.2 Å². The zero-order valence-electron chi connectivity index (χ0n) is 15.1. The number of pyridine rings is 1. The van der Waals surface area contributed by atoms with E-state index in [1.807, 2.05) is 6.92 Å². The van der Waals surface area contributed by atoms with E-state index in [1.165, 1.54) is 32.3 Å². The molecule has 0 aromatic carbocycles. The van der Waals surface area contributed by atoms with Gasteiger partial charge in [-0.1, -0.05) is 6.92 Å². The SMILES string of the molecule is COc1cncc(-c2[nH]nc(NC(=O)CC(C)CN3CCCC3)c2F)c1. The van der Waals surface area contributed by atoms with Gasteiger partial charge < -0.3 is 15.0 Å². The van der Waals surface area contributed by atoms with Crippen molar-refractivity contribution in [3.8, 4) is 17.0 Å². The maximum atomic E-state index is 14.6. The summed E-state index contributed by atoms with van der Waals surface area (Å²) >= 11 is 0. The monoisotopic (exact) mass is 361 g/mol. The number of ether oxygens (including phenoxy) is 1. The number of carbonyl (C=O) groups is 1. The Morgan fingerprint density at radius 3 is 2.92 bits per heavy atom. The summed E-state index contributed by atoms with van der Waals surface area (Å²) in [5, 5.41) is 9.06. The standard InChI is InChI=1S/C18H24FN5O2/c1-12(11-24-5-3-4-6-24)7-15(25)21-18-16(19)17(22-23-18)13-8-14(26-2)10-20-9-13/h8-10,12H,3-7,11H2,1-2H3,(H2,21,22,23,25). The van der Waals surface area contributed by atoms with E-state index < -0.39 is 5.82 Å². The first kappa shape index (κ1) is 18.3. The molecule has 1 amide bonds. The van der Waals surface area contributed by atoms with E-state index in [4.69, 9.17) is 4.74 Å². The van der Waals surface area contributed by atoms with Crippen LogP contribution in [0.3, 0.4) is 0 Å². The third-order valence-electron chi connectivity index (χ3n) is 4.50. The summed E-state index contributed by atoms with van der Waals surface area (Å²) in [6, 6.07) is 1.65. The van der Waals surface area contributed by atoms with E-state index in [0.29, 0.717) is 17.7 Å². The van der Waals surface area contributed by atoms with Crippen LogP contribution >= 0.6 is 0 Å². The lowest BCUT2D eigenvalue weighted by atomic mass is 10.1. The Balaban J connectivity index is 1.61. The molecule has 0 radical (unpaired) electrons. The number of hydrogen-bond acceptors (Lipinski definition) is 5. The molecule has 2 N–H and O–H groups in total. The maximum Gasteiger partial charge on any atom is 0.225 e. The average molecular weight is 361 g/mol.